The first-order valence-electron chi connectivity index (χ1n) is 12.0. The molecule has 3 heterocycles. The highest BCUT2D eigenvalue weighted by Gasteiger charge is 2.28. The Bertz CT molecular complexity index is 1100. The van der Waals surface area contributed by atoms with Crippen LogP contribution in [0.5, 0.6) is 0 Å². The summed E-state index contributed by atoms with van der Waals surface area (Å²) >= 11 is 0. The van der Waals surface area contributed by atoms with E-state index in [-0.39, 0.29) is 11.4 Å². The largest absolute Gasteiger partial charge is 0.477 e. The highest BCUT2D eigenvalue weighted by atomic mass is 16.4. The lowest BCUT2D eigenvalue weighted by atomic mass is 9.96. The number of nitrogens with one attached hydrogen (secondary N) is 3. The summed E-state index contributed by atoms with van der Waals surface area (Å²) < 4.78 is 0. The number of aromatic nitrogens is 3. The van der Waals surface area contributed by atoms with Crippen LogP contribution in [0.15, 0.2) is 0 Å². The van der Waals surface area contributed by atoms with Crippen molar-refractivity contribution in [1.29, 1.82) is 0 Å². The van der Waals surface area contributed by atoms with Gasteiger partial charge in [0.2, 0.25) is 0 Å². The summed E-state index contributed by atoms with van der Waals surface area (Å²) in [6.07, 6.45) is 4.25. The minimum Gasteiger partial charge on any atom is -0.477 e. The number of carboxylic acids is 2. The second-order valence-corrected chi connectivity index (χ2v) is 8.23. The van der Waals surface area contributed by atoms with Crippen LogP contribution < -0.4 is 0 Å². The normalized spacial score (nSPS) is 11.3. The van der Waals surface area contributed by atoms with Gasteiger partial charge < -0.3 is 25.2 Å². The molecule has 178 valence electrons. The van der Waals surface area contributed by atoms with Crippen LogP contribution in [-0.4, -0.2) is 37.1 Å². The SMILES string of the molecule is CCc1c(C(=O)O)[nH]c(-c2[nH]c(-c3[nH]c(C(=O)O)c(CC)c3CC)c(CC)c2CC)c1CC. The Morgan fingerprint density at radius 2 is 0.727 bits per heavy atom. The molecule has 0 atom stereocenters. The van der Waals surface area contributed by atoms with Gasteiger partial charge in [-0.1, -0.05) is 41.5 Å². The smallest absolute Gasteiger partial charge is 0.352 e. The van der Waals surface area contributed by atoms with Crippen LogP contribution in [-0.2, 0) is 38.5 Å². The lowest BCUT2D eigenvalue weighted by Gasteiger charge is -2.06. The Kier molecular flexibility index (Phi) is 7.20. The molecule has 0 bridgehead atoms. The molecule has 7 heteroatoms. The fourth-order valence-electron chi connectivity index (χ4n) is 5.29. The summed E-state index contributed by atoms with van der Waals surface area (Å²) in [6.45, 7) is 12.2. The molecule has 0 radical (unpaired) electrons. The Labute approximate surface area is 194 Å². The third-order valence-electron chi connectivity index (χ3n) is 6.70. The molecule has 5 N–H and O–H groups in total. The van der Waals surface area contributed by atoms with E-state index < -0.39 is 11.9 Å². The summed E-state index contributed by atoms with van der Waals surface area (Å²) in [4.78, 5) is 33.8. The second kappa shape index (κ2) is 9.73. The third-order valence-corrected chi connectivity index (χ3v) is 6.70. The van der Waals surface area contributed by atoms with E-state index in [0.717, 1.165) is 69.0 Å². The average Bonchev–Trinajstić information content (AvgIpc) is 3.47. The molecule has 0 saturated heterocycles. The molecule has 0 aliphatic carbocycles. The molecule has 3 aromatic rings. The first-order valence-corrected chi connectivity index (χ1v) is 12.0. The zero-order chi connectivity index (χ0) is 24.4. The van der Waals surface area contributed by atoms with Gasteiger partial charge in [-0.3, -0.25) is 0 Å². The van der Waals surface area contributed by atoms with Crippen molar-refractivity contribution in [1.82, 2.24) is 15.0 Å². The van der Waals surface area contributed by atoms with E-state index in [1.54, 1.807) is 0 Å². The van der Waals surface area contributed by atoms with Gasteiger partial charge in [-0.25, -0.2) is 9.59 Å². The van der Waals surface area contributed by atoms with Gasteiger partial charge in [-0.2, -0.15) is 0 Å². The van der Waals surface area contributed by atoms with E-state index in [1.807, 2.05) is 27.7 Å². The minimum atomic E-state index is -0.954. The maximum absolute atomic E-state index is 11.9. The van der Waals surface area contributed by atoms with Crippen molar-refractivity contribution in [2.24, 2.45) is 0 Å². The minimum absolute atomic E-state index is 0.246. The van der Waals surface area contributed by atoms with Crippen molar-refractivity contribution in [3.05, 3.63) is 44.8 Å². The van der Waals surface area contributed by atoms with E-state index in [1.165, 1.54) is 0 Å². The molecule has 3 aromatic heterocycles. The summed E-state index contributed by atoms with van der Waals surface area (Å²) in [5.74, 6) is -1.91. The molecule has 0 aromatic carbocycles. The molecule has 33 heavy (non-hydrogen) atoms. The number of carbonyl (C=O) groups is 2. The van der Waals surface area contributed by atoms with Gasteiger partial charge in [0.15, 0.2) is 0 Å². The van der Waals surface area contributed by atoms with E-state index in [9.17, 15) is 19.8 Å². The van der Waals surface area contributed by atoms with Gasteiger partial charge in [0, 0.05) is 0 Å². The standard InChI is InChI=1S/C26H35N3O4/c1-7-13-14(8-2)20(22-16(10-4)18(12-6)24(29-22)26(32)33)27-19(13)21-15(9-3)17(11-5)23(28-21)25(30)31/h27-29H,7-12H2,1-6H3,(H,30,31)(H,32,33). The molecule has 3 rings (SSSR count). The van der Waals surface area contributed by atoms with Crippen molar-refractivity contribution in [3.8, 4) is 22.8 Å². The molecule has 0 spiro atoms. The van der Waals surface area contributed by atoms with E-state index in [2.05, 4.69) is 28.8 Å². The molecule has 7 nitrogen and oxygen atoms in total. The number of aromatic amines is 3. The van der Waals surface area contributed by atoms with Crippen LogP contribution in [0.25, 0.3) is 22.8 Å². The Hall–Kier alpha value is -3.22. The summed E-state index contributed by atoms with van der Waals surface area (Å²) in [5, 5.41) is 19.5. The third kappa shape index (κ3) is 3.90. The van der Waals surface area contributed by atoms with E-state index in [4.69, 9.17) is 0 Å². The molecule has 0 amide bonds. The maximum Gasteiger partial charge on any atom is 0.352 e. The predicted molar refractivity (Wildman–Crippen MR) is 131 cm³/mol. The number of hydrogen-bond donors (Lipinski definition) is 5. The molecular weight excluding hydrogens is 418 g/mol. The van der Waals surface area contributed by atoms with Crippen LogP contribution >= 0.6 is 0 Å². The van der Waals surface area contributed by atoms with Crippen molar-refractivity contribution in [3.63, 3.8) is 0 Å². The highest BCUT2D eigenvalue weighted by molar-refractivity contribution is 5.92. The molecule has 0 unspecified atom stereocenters. The number of hydrogen-bond acceptors (Lipinski definition) is 2. The fourth-order valence-corrected chi connectivity index (χ4v) is 5.29. The Morgan fingerprint density at radius 1 is 0.485 bits per heavy atom. The Morgan fingerprint density at radius 3 is 0.970 bits per heavy atom. The average molecular weight is 454 g/mol. The molecular formula is C26H35N3O4. The second-order valence-electron chi connectivity index (χ2n) is 8.23. The van der Waals surface area contributed by atoms with Gasteiger partial charge >= 0.3 is 11.9 Å². The monoisotopic (exact) mass is 453 g/mol. The fraction of sp³-hybridized carbons (Fsp3) is 0.462. The number of carboxylic acid groups (broad SMARTS) is 2. The van der Waals surface area contributed by atoms with Gasteiger partial charge in [-0.05, 0) is 71.9 Å². The lowest BCUT2D eigenvalue weighted by molar-refractivity contribution is 0.0679. The van der Waals surface area contributed by atoms with E-state index >= 15 is 0 Å². The first-order chi connectivity index (χ1) is 15.8. The molecule has 0 saturated carbocycles. The van der Waals surface area contributed by atoms with Gasteiger partial charge in [-0.15, -0.1) is 0 Å². The van der Waals surface area contributed by atoms with Gasteiger partial charge in [0.05, 0.1) is 22.8 Å². The van der Waals surface area contributed by atoms with Crippen molar-refractivity contribution >= 4 is 11.9 Å². The van der Waals surface area contributed by atoms with Gasteiger partial charge in [0.25, 0.3) is 0 Å². The highest BCUT2D eigenvalue weighted by Crippen LogP contribution is 2.39. The van der Waals surface area contributed by atoms with Gasteiger partial charge in [0.1, 0.15) is 11.4 Å². The maximum atomic E-state index is 11.9. The summed E-state index contributed by atoms with van der Waals surface area (Å²) in [5.41, 5.74) is 9.91. The first kappa shape index (κ1) is 24.4. The zero-order valence-electron chi connectivity index (χ0n) is 20.5. The van der Waals surface area contributed by atoms with Crippen molar-refractivity contribution in [2.45, 2.75) is 80.1 Å². The molecule has 0 aliphatic rings. The lowest BCUT2D eigenvalue weighted by Crippen LogP contribution is -2.01. The zero-order valence-corrected chi connectivity index (χ0v) is 20.5. The molecule has 0 fully saturated rings. The summed E-state index contributed by atoms with van der Waals surface area (Å²) in [6, 6.07) is 0. The van der Waals surface area contributed by atoms with Crippen LogP contribution in [0.1, 0.15) is 95.9 Å². The number of rotatable bonds is 10. The van der Waals surface area contributed by atoms with Crippen molar-refractivity contribution < 1.29 is 19.8 Å². The predicted octanol–water partition coefficient (Wildman–Crippen LogP) is 5.78. The van der Waals surface area contributed by atoms with Crippen LogP contribution in [0.4, 0.5) is 0 Å². The van der Waals surface area contributed by atoms with Crippen LogP contribution in [0.3, 0.4) is 0 Å². The molecule has 0 aliphatic heterocycles. The van der Waals surface area contributed by atoms with Crippen LogP contribution in [0.2, 0.25) is 0 Å². The number of aromatic carboxylic acids is 2. The van der Waals surface area contributed by atoms with E-state index in [0.29, 0.717) is 25.7 Å². The Balaban J connectivity index is 2.37. The van der Waals surface area contributed by atoms with Crippen LogP contribution in [0, 0.1) is 0 Å². The summed E-state index contributed by atoms with van der Waals surface area (Å²) in [7, 11) is 0. The van der Waals surface area contributed by atoms with Crippen molar-refractivity contribution in [2.75, 3.05) is 0 Å². The quantitative estimate of drug-likeness (QED) is 0.267. The topological polar surface area (TPSA) is 122 Å². The number of H-pyrrole nitrogens is 3.